The summed E-state index contributed by atoms with van der Waals surface area (Å²) in [4.78, 5) is 20.4. The van der Waals surface area contributed by atoms with E-state index in [0.717, 1.165) is 17.0 Å². The first-order chi connectivity index (χ1) is 13.4. The van der Waals surface area contributed by atoms with Gasteiger partial charge in [-0.3, -0.25) is 15.6 Å². The highest BCUT2D eigenvalue weighted by Crippen LogP contribution is 2.27. The van der Waals surface area contributed by atoms with Crippen molar-refractivity contribution >= 4 is 35.1 Å². The zero-order chi connectivity index (χ0) is 20.3. The Bertz CT molecular complexity index is 1020. The topological polar surface area (TPSA) is 94.0 Å². The molecule has 8 nitrogen and oxygen atoms in total. The van der Waals surface area contributed by atoms with Gasteiger partial charge in [-0.15, -0.1) is 0 Å². The molecule has 1 amide bonds. The molecule has 2 N–H and O–H groups in total. The number of hydrazine groups is 1. The summed E-state index contributed by atoms with van der Waals surface area (Å²) in [6.45, 7) is 3.72. The molecule has 0 fully saturated rings. The molecule has 0 aliphatic rings. The number of anilines is 1. The lowest BCUT2D eigenvalue weighted by atomic mass is 10.1. The van der Waals surface area contributed by atoms with Crippen LogP contribution in [0.15, 0.2) is 30.5 Å². The quantitative estimate of drug-likeness (QED) is 0.594. The fourth-order valence-electron chi connectivity index (χ4n) is 2.66. The summed E-state index contributed by atoms with van der Waals surface area (Å²) in [6.07, 6.45) is 1.65. The van der Waals surface area contributed by atoms with Crippen LogP contribution >= 0.6 is 23.2 Å². The molecule has 0 saturated heterocycles. The Labute approximate surface area is 171 Å². The first-order valence-corrected chi connectivity index (χ1v) is 9.07. The number of nitrogens with zero attached hydrogens (tertiary/aromatic N) is 4. The second kappa shape index (κ2) is 8.45. The number of halogens is 2. The molecule has 0 saturated carbocycles. The zero-order valence-corrected chi connectivity index (χ0v) is 17.0. The van der Waals surface area contributed by atoms with Gasteiger partial charge < -0.3 is 4.74 Å². The molecule has 0 unspecified atom stereocenters. The van der Waals surface area contributed by atoms with Gasteiger partial charge in [0.15, 0.2) is 0 Å². The average molecular weight is 421 g/mol. The van der Waals surface area contributed by atoms with Crippen LogP contribution in [-0.2, 0) is 11.2 Å². The van der Waals surface area contributed by atoms with Crippen molar-refractivity contribution in [2.45, 2.75) is 20.3 Å². The normalized spacial score (nSPS) is 10.6. The standard InChI is InChI=1S/C18H18Cl2N6O2/c1-10-13(9-16(27)23-24-18-21-7-6-17(22-18)28-3)11(2)26(25-10)15-5-4-12(19)8-14(15)20/h4-8H,9H2,1-3H3,(H,23,27)(H,21,22,24). The number of hydrogen-bond donors (Lipinski definition) is 2. The van der Waals surface area contributed by atoms with Crippen LogP contribution < -0.4 is 15.6 Å². The molecule has 2 heterocycles. The number of ether oxygens (including phenoxy) is 1. The number of methoxy groups -OCH3 is 1. The number of aryl methyl sites for hydroxylation is 1. The van der Waals surface area contributed by atoms with Crippen LogP contribution in [0, 0.1) is 13.8 Å². The van der Waals surface area contributed by atoms with Crippen molar-refractivity contribution in [2.24, 2.45) is 0 Å². The highest BCUT2D eigenvalue weighted by atomic mass is 35.5. The largest absolute Gasteiger partial charge is 0.481 e. The van der Waals surface area contributed by atoms with E-state index in [2.05, 4.69) is 25.9 Å². The lowest BCUT2D eigenvalue weighted by Crippen LogP contribution is -2.31. The third kappa shape index (κ3) is 4.35. The minimum absolute atomic E-state index is 0.125. The lowest BCUT2D eigenvalue weighted by molar-refractivity contribution is -0.120. The predicted octanol–water partition coefficient (Wildman–Crippen LogP) is 3.28. The van der Waals surface area contributed by atoms with Gasteiger partial charge in [-0.1, -0.05) is 23.2 Å². The van der Waals surface area contributed by atoms with Crippen molar-refractivity contribution in [3.8, 4) is 11.6 Å². The summed E-state index contributed by atoms with van der Waals surface area (Å²) >= 11 is 12.2. The number of nitrogens with one attached hydrogen (secondary N) is 2. The molecule has 0 atom stereocenters. The summed E-state index contributed by atoms with van der Waals surface area (Å²) in [6, 6.07) is 6.79. The van der Waals surface area contributed by atoms with Gasteiger partial charge in [-0.05, 0) is 32.0 Å². The third-order valence-electron chi connectivity index (χ3n) is 4.07. The fraction of sp³-hybridized carbons (Fsp3) is 0.222. The van der Waals surface area contributed by atoms with Gasteiger partial charge >= 0.3 is 0 Å². The molecule has 10 heteroatoms. The molecule has 1 aromatic carbocycles. The summed E-state index contributed by atoms with van der Waals surface area (Å²) in [7, 11) is 1.50. The van der Waals surface area contributed by atoms with E-state index in [9.17, 15) is 4.79 Å². The molecule has 0 bridgehead atoms. The Morgan fingerprint density at radius 1 is 1.25 bits per heavy atom. The predicted molar refractivity (Wildman–Crippen MR) is 107 cm³/mol. The first kappa shape index (κ1) is 19.9. The maximum atomic E-state index is 12.4. The van der Waals surface area contributed by atoms with Crippen molar-refractivity contribution < 1.29 is 9.53 Å². The Balaban J connectivity index is 1.73. The van der Waals surface area contributed by atoms with E-state index < -0.39 is 0 Å². The van der Waals surface area contributed by atoms with E-state index >= 15 is 0 Å². The van der Waals surface area contributed by atoms with Gasteiger partial charge in [0.1, 0.15) is 0 Å². The number of carbonyl (C=O) groups is 1. The molecular formula is C18H18Cl2N6O2. The number of rotatable bonds is 6. The van der Waals surface area contributed by atoms with Gasteiger partial charge in [-0.2, -0.15) is 10.1 Å². The average Bonchev–Trinajstić information content (AvgIpc) is 2.94. The number of aromatic nitrogens is 4. The Morgan fingerprint density at radius 2 is 2.04 bits per heavy atom. The van der Waals surface area contributed by atoms with Crippen LogP contribution in [0.4, 0.5) is 5.95 Å². The second-order valence-corrected chi connectivity index (χ2v) is 6.77. The molecule has 2 aromatic heterocycles. The molecule has 0 spiro atoms. The first-order valence-electron chi connectivity index (χ1n) is 8.31. The van der Waals surface area contributed by atoms with Crippen molar-refractivity contribution in [2.75, 3.05) is 12.5 Å². The zero-order valence-electron chi connectivity index (χ0n) is 15.5. The Hall–Kier alpha value is -2.84. The molecule has 0 radical (unpaired) electrons. The SMILES string of the molecule is COc1ccnc(NNC(=O)Cc2c(C)nn(-c3ccc(Cl)cc3Cl)c2C)n1. The fourth-order valence-corrected chi connectivity index (χ4v) is 3.15. The van der Waals surface area contributed by atoms with E-state index in [0.29, 0.717) is 21.6 Å². The number of amides is 1. The maximum absolute atomic E-state index is 12.4. The number of hydrogen-bond acceptors (Lipinski definition) is 6. The highest BCUT2D eigenvalue weighted by molar-refractivity contribution is 6.35. The minimum Gasteiger partial charge on any atom is -0.481 e. The Kier molecular flexibility index (Phi) is 6.01. The summed E-state index contributed by atoms with van der Waals surface area (Å²) in [5, 5.41) is 5.53. The van der Waals surface area contributed by atoms with E-state index in [1.807, 2.05) is 13.8 Å². The monoisotopic (exact) mass is 420 g/mol. The van der Waals surface area contributed by atoms with E-state index in [4.69, 9.17) is 27.9 Å². The molecule has 28 heavy (non-hydrogen) atoms. The van der Waals surface area contributed by atoms with Gasteiger partial charge in [-0.25, -0.2) is 9.67 Å². The van der Waals surface area contributed by atoms with E-state index in [-0.39, 0.29) is 18.3 Å². The molecule has 146 valence electrons. The van der Waals surface area contributed by atoms with Crippen LogP contribution in [-0.4, -0.2) is 32.8 Å². The summed E-state index contributed by atoms with van der Waals surface area (Å²) in [5.41, 5.74) is 8.28. The summed E-state index contributed by atoms with van der Waals surface area (Å²) in [5.74, 6) is 0.351. The van der Waals surface area contributed by atoms with Crippen molar-refractivity contribution in [1.82, 2.24) is 25.2 Å². The van der Waals surface area contributed by atoms with Gasteiger partial charge in [0.2, 0.25) is 17.7 Å². The molecule has 0 aliphatic carbocycles. The van der Waals surface area contributed by atoms with Crippen molar-refractivity contribution in [3.05, 3.63) is 57.5 Å². The van der Waals surface area contributed by atoms with Gasteiger partial charge in [0, 0.05) is 28.5 Å². The maximum Gasteiger partial charge on any atom is 0.245 e. The van der Waals surface area contributed by atoms with Crippen molar-refractivity contribution in [3.63, 3.8) is 0 Å². The van der Waals surface area contributed by atoms with Crippen molar-refractivity contribution in [1.29, 1.82) is 0 Å². The smallest absolute Gasteiger partial charge is 0.245 e. The van der Waals surface area contributed by atoms with E-state index in [1.165, 1.54) is 13.3 Å². The van der Waals surface area contributed by atoms with Gasteiger partial charge in [0.25, 0.3) is 0 Å². The minimum atomic E-state index is -0.264. The summed E-state index contributed by atoms with van der Waals surface area (Å²) < 4.78 is 6.72. The number of benzene rings is 1. The van der Waals surface area contributed by atoms with Crippen LogP contribution in [0.3, 0.4) is 0 Å². The lowest BCUT2D eigenvalue weighted by Gasteiger charge is -2.09. The molecular weight excluding hydrogens is 403 g/mol. The van der Waals surface area contributed by atoms with Gasteiger partial charge in [0.05, 0.1) is 29.9 Å². The highest BCUT2D eigenvalue weighted by Gasteiger charge is 2.17. The van der Waals surface area contributed by atoms with Crippen LogP contribution in [0.5, 0.6) is 5.88 Å². The van der Waals surface area contributed by atoms with E-state index in [1.54, 1.807) is 28.9 Å². The third-order valence-corrected chi connectivity index (χ3v) is 4.61. The Morgan fingerprint density at radius 3 is 2.75 bits per heavy atom. The molecule has 3 rings (SSSR count). The van der Waals surface area contributed by atoms with Crippen LogP contribution in [0.25, 0.3) is 5.69 Å². The second-order valence-electron chi connectivity index (χ2n) is 5.93. The molecule has 3 aromatic rings. The van der Waals surface area contributed by atoms with Crippen LogP contribution in [0.1, 0.15) is 17.0 Å². The van der Waals surface area contributed by atoms with Crippen LogP contribution in [0.2, 0.25) is 10.0 Å². The number of carbonyl (C=O) groups excluding carboxylic acids is 1. The molecule has 0 aliphatic heterocycles.